The molecule has 0 aliphatic rings. The van der Waals surface area contributed by atoms with E-state index in [1.54, 1.807) is 13.0 Å². The van der Waals surface area contributed by atoms with Gasteiger partial charge in [-0.1, -0.05) is 0 Å². The maximum Gasteiger partial charge on any atom is 0.324 e. The van der Waals surface area contributed by atoms with Crippen molar-refractivity contribution in [3.63, 3.8) is 0 Å². The second-order valence-corrected chi connectivity index (χ2v) is 5.27. The lowest BCUT2D eigenvalue weighted by Crippen LogP contribution is -2.35. The minimum Gasteiger partial charge on any atom is -0.363 e. The highest BCUT2D eigenvalue weighted by Crippen LogP contribution is 2.30. The second kappa shape index (κ2) is 5.37. The Balaban J connectivity index is 2.33. The van der Waals surface area contributed by atoms with Crippen molar-refractivity contribution in [3.8, 4) is 0 Å². The third kappa shape index (κ3) is 2.90. The van der Waals surface area contributed by atoms with Gasteiger partial charge in [-0.2, -0.15) is 13.8 Å². The summed E-state index contributed by atoms with van der Waals surface area (Å²) in [6.45, 7) is 0.578. The van der Waals surface area contributed by atoms with E-state index in [9.17, 15) is 17.6 Å². The molecule has 0 saturated heterocycles. The van der Waals surface area contributed by atoms with Gasteiger partial charge < -0.3 is 5.32 Å². The number of rotatable bonds is 5. The number of nitrogen functional groups attached to an aromatic ring is 1. The molecule has 0 aromatic carbocycles. The molecule has 0 radical (unpaired) electrons. The van der Waals surface area contributed by atoms with Crippen molar-refractivity contribution < 1.29 is 17.6 Å². The first-order valence-corrected chi connectivity index (χ1v) is 6.30. The summed E-state index contributed by atoms with van der Waals surface area (Å²) in [5.74, 6) is 1.09. The Morgan fingerprint density at radius 2 is 2.10 bits per heavy atom. The molecule has 2 aromatic heterocycles. The third-order valence-electron chi connectivity index (χ3n) is 2.46. The molecule has 4 N–H and O–H groups in total. The van der Waals surface area contributed by atoms with Crippen molar-refractivity contribution in [1.29, 1.82) is 0 Å². The van der Waals surface area contributed by atoms with Crippen LogP contribution in [-0.2, 0) is 0 Å². The number of nitrogens with zero attached hydrogens (tertiary/aromatic N) is 2. The molecular formula is C10H11F4N5S. The molecule has 2 rings (SSSR count). The fraction of sp³-hybridized carbons (Fsp3) is 0.400. The largest absolute Gasteiger partial charge is 0.363 e. The molecule has 20 heavy (non-hydrogen) atoms. The predicted molar refractivity (Wildman–Crippen MR) is 69.4 cm³/mol. The first-order valence-electron chi connectivity index (χ1n) is 5.48. The highest BCUT2D eigenvalue weighted by atomic mass is 32.1. The normalized spacial score (nSPS) is 12.2. The number of hydrogen-bond donors (Lipinski definition) is 3. The molecule has 0 amide bonds. The smallest absolute Gasteiger partial charge is 0.324 e. The molecule has 5 nitrogen and oxygen atoms in total. The summed E-state index contributed by atoms with van der Waals surface area (Å²) in [5, 5.41) is 2.71. The van der Waals surface area contributed by atoms with Gasteiger partial charge in [-0.15, -0.1) is 11.3 Å². The van der Waals surface area contributed by atoms with Gasteiger partial charge in [0.15, 0.2) is 0 Å². The van der Waals surface area contributed by atoms with Crippen LogP contribution in [0.4, 0.5) is 29.3 Å². The van der Waals surface area contributed by atoms with E-state index in [0.29, 0.717) is 10.2 Å². The number of nitrogens with two attached hydrogens (primary N) is 1. The van der Waals surface area contributed by atoms with Crippen LogP contribution in [-0.4, -0.2) is 28.9 Å². The Labute approximate surface area is 115 Å². The predicted octanol–water partition coefficient (Wildman–Crippen LogP) is 2.60. The van der Waals surface area contributed by atoms with E-state index >= 15 is 0 Å². The van der Waals surface area contributed by atoms with E-state index in [-0.39, 0.29) is 11.8 Å². The van der Waals surface area contributed by atoms with Crippen LogP contribution in [0.15, 0.2) is 6.07 Å². The Bertz CT molecular complexity index is 615. The van der Waals surface area contributed by atoms with E-state index in [4.69, 9.17) is 5.84 Å². The molecule has 0 bridgehead atoms. The summed E-state index contributed by atoms with van der Waals surface area (Å²) in [6.07, 6.45) is -3.75. The van der Waals surface area contributed by atoms with Gasteiger partial charge in [0.2, 0.25) is 5.95 Å². The summed E-state index contributed by atoms with van der Waals surface area (Å²) in [7, 11) is 0. The van der Waals surface area contributed by atoms with Crippen molar-refractivity contribution >= 4 is 33.3 Å². The average Bonchev–Trinajstić information content (AvgIpc) is 2.75. The second-order valence-electron chi connectivity index (χ2n) is 4.03. The number of aromatic nitrogens is 2. The Morgan fingerprint density at radius 1 is 1.40 bits per heavy atom. The maximum atomic E-state index is 12.9. The average molecular weight is 309 g/mol. The Hall–Kier alpha value is -1.68. The van der Waals surface area contributed by atoms with Crippen LogP contribution in [0.1, 0.15) is 4.88 Å². The topological polar surface area (TPSA) is 75.9 Å². The quantitative estimate of drug-likeness (QED) is 0.450. The SMILES string of the molecule is Cc1cc2c(NCC(F)(F)C(F)F)nc(NN)nc2s1. The minimum absolute atomic E-state index is 0.0159. The summed E-state index contributed by atoms with van der Waals surface area (Å²) in [6, 6.07) is 1.68. The number of thiophene rings is 1. The third-order valence-corrected chi connectivity index (χ3v) is 3.40. The molecule has 0 atom stereocenters. The van der Waals surface area contributed by atoms with Gasteiger partial charge in [0, 0.05) is 4.88 Å². The zero-order valence-corrected chi connectivity index (χ0v) is 11.1. The van der Waals surface area contributed by atoms with Gasteiger partial charge in [0.05, 0.1) is 11.9 Å². The zero-order chi connectivity index (χ0) is 14.9. The molecule has 10 heteroatoms. The minimum atomic E-state index is -4.14. The van der Waals surface area contributed by atoms with Crippen LogP contribution < -0.4 is 16.6 Å². The van der Waals surface area contributed by atoms with Crippen LogP contribution in [0.3, 0.4) is 0 Å². The standard InChI is InChI=1S/C10H11F4N5S/c1-4-2-5-6(16-3-10(13,14)8(11)12)17-9(19-15)18-7(5)20-4/h2,8H,3,15H2,1H3,(H2,16,17,18,19). The van der Waals surface area contributed by atoms with Crippen LogP contribution in [0, 0.1) is 6.92 Å². The van der Waals surface area contributed by atoms with E-state index in [1.807, 2.05) is 0 Å². The number of alkyl halides is 4. The van der Waals surface area contributed by atoms with Gasteiger partial charge in [-0.3, -0.25) is 5.43 Å². The maximum absolute atomic E-state index is 12.9. The van der Waals surface area contributed by atoms with Gasteiger partial charge >= 0.3 is 12.3 Å². The van der Waals surface area contributed by atoms with E-state index in [2.05, 4.69) is 20.7 Å². The van der Waals surface area contributed by atoms with E-state index < -0.39 is 18.9 Å². The van der Waals surface area contributed by atoms with Crippen molar-refractivity contribution in [1.82, 2.24) is 9.97 Å². The summed E-state index contributed by atoms with van der Waals surface area (Å²) in [5.41, 5.74) is 2.20. The number of aryl methyl sites for hydroxylation is 1. The highest BCUT2D eigenvalue weighted by Gasteiger charge is 2.40. The van der Waals surface area contributed by atoms with Crippen LogP contribution in [0.25, 0.3) is 10.2 Å². The number of hydrogen-bond acceptors (Lipinski definition) is 6. The molecule has 0 saturated carbocycles. The molecular weight excluding hydrogens is 298 g/mol. The van der Waals surface area contributed by atoms with Gasteiger partial charge in [0.25, 0.3) is 0 Å². The number of anilines is 2. The van der Waals surface area contributed by atoms with Crippen molar-refractivity contribution in [3.05, 3.63) is 10.9 Å². The van der Waals surface area contributed by atoms with Crippen LogP contribution in [0.2, 0.25) is 0 Å². The monoisotopic (exact) mass is 309 g/mol. The zero-order valence-electron chi connectivity index (χ0n) is 10.3. The lowest BCUT2D eigenvalue weighted by atomic mass is 10.3. The number of halogens is 4. The fourth-order valence-electron chi connectivity index (χ4n) is 1.52. The molecule has 110 valence electrons. The highest BCUT2D eigenvalue weighted by molar-refractivity contribution is 7.18. The first kappa shape index (κ1) is 14.7. The van der Waals surface area contributed by atoms with Gasteiger partial charge in [0.1, 0.15) is 10.6 Å². The van der Waals surface area contributed by atoms with Crippen molar-refractivity contribution in [2.75, 3.05) is 17.3 Å². The van der Waals surface area contributed by atoms with Gasteiger partial charge in [-0.25, -0.2) is 19.6 Å². The van der Waals surface area contributed by atoms with Crippen molar-refractivity contribution in [2.24, 2.45) is 5.84 Å². The lowest BCUT2D eigenvalue weighted by molar-refractivity contribution is -0.117. The fourth-order valence-corrected chi connectivity index (χ4v) is 2.40. The summed E-state index contributed by atoms with van der Waals surface area (Å²) in [4.78, 5) is 9.32. The van der Waals surface area contributed by atoms with Crippen LogP contribution in [0.5, 0.6) is 0 Å². The summed E-state index contributed by atoms with van der Waals surface area (Å²) < 4.78 is 50.1. The molecule has 0 aliphatic carbocycles. The van der Waals surface area contributed by atoms with Crippen LogP contribution >= 0.6 is 11.3 Å². The number of nitrogens with one attached hydrogen (secondary N) is 2. The van der Waals surface area contributed by atoms with Gasteiger partial charge in [-0.05, 0) is 13.0 Å². The molecule has 0 unspecified atom stereocenters. The molecule has 2 aromatic rings. The number of fused-ring (bicyclic) bond motifs is 1. The molecule has 0 spiro atoms. The molecule has 0 fully saturated rings. The Morgan fingerprint density at radius 3 is 2.70 bits per heavy atom. The van der Waals surface area contributed by atoms with Crippen molar-refractivity contribution in [2.45, 2.75) is 19.3 Å². The Kier molecular flexibility index (Phi) is 3.95. The first-order chi connectivity index (χ1) is 9.33. The number of hydrazine groups is 1. The lowest BCUT2D eigenvalue weighted by Gasteiger charge is -2.16. The summed E-state index contributed by atoms with van der Waals surface area (Å²) >= 11 is 1.31. The van der Waals surface area contributed by atoms with E-state index in [1.165, 1.54) is 11.3 Å². The molecule has 0 aliphatic heterocycles. The van der Waals surface area contributed by atoms with E-state index in [0.717, 1.165) is 4.88 Å². The molecule has 2 heterocycles.